The van der Waals surface area contributed by atoms with Gasteiger partial charge in [-0.1, -0.05) is 50.2 Å². The van der Waals surface area contributed by atoms with Gasteiger partial charge in [0, 0.05) is 62.6 Å². The summed E-state index contributed by atoms with van der Waals surface area (Å²) in [5, 5.41) is 0. The lowest BCUT2D eigenvalue weighted by atomic mass is 9.59. The normalized spacial score (nSPS) is 21.4. The summed E-state index contributed by atoms with van der Waals surface area (Å²) in [6.07, 6.45) is 5.10. The SMILES string of the molecule is COc1ccc(CN2CCN(C3CC4(CCN(c5ccc(C(N)=O)cc5)CC4)C3)[C@@H](c3ccccc3C(C)C)C2)cc1. The molecule has 3 aromatic rings. The first-order chi connectivity index (χ1) is 20.3. The second kappa shape index (κ2) is 12.1. The number of methoxy groups -OCH3 is 1. The van der Waals surface area contributed by atoms with E-state index in [1.807, 2.05) is 24.3 Å². The van der Waals surface area contributed by atoms with E-state index in [9.17, 15) is 4.79 Å². The van der Waals surface area contributed by atoms with E-state index in [1.54, 1.807) is 7.11 Å². The zero-order chi connectivity index (χ0) is 29.3. The molecule has 1 amide bonds. The topological polar surface area (TPSA) is 62.0 Å². The molecule has 6 nitrogen and oxygen atoms in total. The summed E-state index contributed by atoms with van der Waals surface area (Å²) in [5.74, 6) is 1.06. The molecule has 222 valence electrons. The van der Waals surface area contributed by atoms with Gasteiger partial charge in [-0.15, -0.1) is 0 Å². The number of piperazine rings is 1. The Morgan fingerprint density at radius 2 is 1.62 bits per heavy atom. The average Bonchev–Trinajstić information content (AvgIpc) is 3.00. The lowest BCUT2D eigenvalue weighted by Gasteiger charge is -2.58. The Labute approximate surface area is 251 Å². The smallest absolute Gasteiger partial charge is 0.248 e. The number of nitrogens with two attached hydrogens (primary N) is 1. The van der Waals surface area contributed by atoms with Gasteiger partial charge in [0.25, 0.3) is 0 Å². The standard InChI is InChI=1S/C36H46N4O2/c1-26(2)32-6-4-5-7-33(32)34-25-38(24-27-8-14-31(42-3)15-9-27)20-21-40(34)30-22-36(23-30)16-18-39(19-17-36)29-12-10-28(11-13-29)35(37)41/h4-15,26,30,34H,16-25H2,1-3H3,(H2,37,41)/t34-/m1/s1. The fraction of sp³-hybridized carbons (Fsp3) is 0.472. The Hall–Kier alpha value is -3.35. The van der Waals surface area contributed by atoms with Gasteiger partial charge in [-0.3, -0.25) is 14.6 Å². The van der Waals surface area contributed by atoms with Crippen LogP contribution in [0.5, 0.6) is 5.75 Å². The van der Waals surface area contributed by atoms with Gasteiger partial charge >= 0.3 is 0 Å². The number of carbonyl (C=O) groups excluding carboxylic acids is 1. The van der Waals surface area contributed by atoms with Crippen molar-refractivity contribution in [3.8, 4) is 5.75 Å². The predicted octanol–water partition coefficient (Wildman–Crippen LogP) is 6.23. The van der Waals surface area contributed by atoms with Crippen LogP contribution in [0.1, 0.15) is 78.5 Å². The number of hydrogen-bond donors (Lipinski definition) is 1. The van der Waals surface area contributed by atoms with E-state index < -0.39 is 0 Å². The molecule has 2 heterocycles. The number of primary amides is 1. The van der Waals surface area contributed by atoms with Crippen molar-refractivity contribution in [3.63, 3.8) is 0 Å². The number of ether oxygens (including phenoxy) is 1. The zero-order valence-electron chi connectivity index (χ0n) is 25.5. The monoisotopic (exact) mass is 566 g/mol. The molecule has 3 aromatic carbocycles. The summed E-state index contributed by atoms with van der Waals surface area (Å²) in [7, 11) is 1.73. The predicted molar refractivity (Wildman–Crippen MR) is 170 cm³/mol. The zero-order valence-corrected chi connectivity index (χ0v) is 25.5. The molecule has 6 rings (SSSR count). The van der Waals surface area contributed by atoms with Crippen LogP contribution in [0.25, 0.3) is 0 Å². The van der Waals surface area contributed by atoms with Crippen LogP contribution in [0.15, 0.2) is 72.8 Å². The lowest BCUT2D eigenvalue weighted by molar-refractivity contribution is -0.0628. The maximum atomic E-state index is 11.5. The van der Waals surface area contributed by atoms with Gasteiger partial charge in [0.05, 0.1) is 7.11 Å². The van der Waals surface area contributed by atoms with Crippen LogP contribution in [0.4, 0.5) is 5.69 Å². The van der Waals surface area contributed by atoms with E-state index in [4.69, 9.17) is 10.5 Å². The van der Waals surface area contributed by atoms with Crippen LogP contribution in [0.2, 0.25) is 0 Å². The minimum Gasteiger partial charge on any atom is -0.497 e. The Balaban J connectivity index is 1.13. The summed E-state index contributed by atoms with van der Waals surface area (Å²) < 4.78 is 5.38. The molecule has 2 saturated heterocycles. The first-order valence-electron chi connectivity index (χ1n) is 15.7. The van der Waals surface area contributed by atoms with Crippen molar-refractivity contribution in [1.29, 1.82) is 0 Å². The Morgan fingerprint density at radius 1 is 0.929 bits per heavy atom. The maximum Gasteiger partial charge on any atom is 0.248 e. The minimum atomic E-state index is -0.365. The second-order valence-electron chi connectivity index (χ2n) is 13.1. The Morgan fingerprint density at radius 3 is 2.26 bits per heavy atom. The van der Waals surface area contributed by atoms with Crippen molar-refractivity contribution >= 4 is 11.6 Å². The maximum absolute atomic E-state index is 11.5. The van der Waals surface area contributed by atoms with Crippen LogP contribution >= 0.6 is 0 Å². The van der Waals surface area contributed by atoms with Gasteiger partial charge < -0.3 is 15.4 Å². The third-order valence-corrected chi connectivity index (χ3v) is 10.2. The molecular formula is C36H46N4O2. The molecule has 6 heteroatoms. The highest BCUT2D eigenvalue weighted by Gasteiger charge is 2.50. The van der Waals surface area contributed by atoms with E-state index in [0.717, 1.165) is 45.0 Å². The van der Waals surface area contributed by atoms with Crippen molar-refractivity contribution in [1.82, 2.24) is 9.80 Å². The molecule has 1 saturated carbocycles. The van der Waals surface area contributed by atoms with Crippen LogP contribution in [-0.4, -0.2) is 61.6 Å². The molecule has 42 heavy (non-hydrogen) atoms. The summed E-state index contributed by atoms with van der Waals surface area (Å²) >= 11 is 0. The van der Waals surface area contributed by atoms with Gasteiger partial charge in [-0.05, 0) is 90.1 Å². The molecule has 1 aliphatic carbocycles. The molecule has 3 aliphatic rings. The highest BCUT2D eigenvalue weighted by Crippen LogP contribution is 2.53. The van der Waals surface area contributed by atoms with E-state index in [-0.39, 0.29) is 5.91 Å². The van der Waals surface area contributed by atoms with Crippen molar-refractivity contribution < 1.29 is 9.53 Å². The molecule has 0 bridgehead atoms. The first-order valence-corrected chi connectivity index (χ1v) is 15.7. The molecule has 0 aromatic heterocycles. The summed E-state index contributed by atoms with van der Waals surface area (Å²) in [6.45, 7) is 11.1. The molecule has 1 spiro atoms. The van der Waals surface area contributed by atoms with Gasteiger partial charge in [-0.25, -0.2) is 0 Å². The van der Waals surface area contributed by atoms with E-state index in [0.29, 0.717) is 29.0 Å². The Kier molecular flexibility index (Phi) is 8.28. The molecule has 3 fully saturated rings. The van der Waals surface area contributed by atoms with Gasteiger partial charge in [0.15, 0.2) is 0 Å². The number of carbonyl (C=O) groups is 1. The first kappa shape index (κ1) is 28.8. The number of amides is 1. The number of rotatable bonds is 8. The summed E-state index contributed by atoms with van der Waals surface area (Å²) in [6, 6.07) is 26.6. The van der Waals surface area contributed by atoms with E-state index in [1.165, 1.54) is 48.1 Å². The lowest BCUT2D eigenvalue weighted by Crippen LogP contribution is -2.60. The van der Waals surface area contributed by atoms with Crippen LogP contribution in [-0.2, 0) is 6.54 Å². The molecule has 2 N–H and O–H groups in total. The fourth-order valence-electron chi connectivity index (χ4n) is 7.70. The van der Waals surface area contributed by atoms with Crippen LogP contribution in [0, 0.1) is 5.41 Å². The van der Waals surface area contributed by atoms with Gasteiger partial charge in [-0.2, -0.15) is 0 Å². The quantitative estimate of drug-likeness (QED) is 0.351. The molecule has 0 radical (unpaired) electrons. The number of hydrogen-bond acceptors (Lipinski definition) is 5. The molecule has 1 atom stereocenters. The van der Waals surface area contributed by atoms with Crippen molar-refractivity contribution in [3.05, 3.63) is 95.1 Å². The molecule has 0 unspecified atom stereocenters. The molecular weight excluding hydrogens is 520 g/mol. The van der Waals surface area contributed by atoms with Crippen LogP contribution < -0.4 is 15.4 Å². The largest absolute Gasteiger partial charge is 0.497 e. The average molecular weight is 567 g/mol. The molecule has 2 aliphatic heterocycles. The highest BCUT2D eigenvalue weighted by molar-refractivity contribution is 5.93. The highest BCUT2D eigenvalue weighted by atomic mass is 16.5. The van der Waals surface area contributed by atoms with Gasteiger partial charge in [0.2, 0.25) is 5.91 Å². The van der Waals surface area contributed by atoms with Gasteiger partial charge in [0.1, 0.15) is 5.75 Å². The summed E-state index contributed by atoms with van der Waals surface area (Å²) in [4.78, 5) is 19.5. The minimum absolute atomic E-state index is 0.365. The Bertz CT molecular complexity index is 1350. The fourth-order valence-corrected chi connectivity index (χ4v) is 7.70. The number of nitrogens with zero attached hydrogens (tertiary/aromatic N) is 3. The van der Waals surface area contributed by atoms with E-state index >= 15 is 0 Å². The van der Waals surface area contributed by atoms with Crippen molar-refractivity contribution in [2.45, 2.75) is 64.1 Å². The van der Waals surface area contributed by atoms with Crippen molar-refractivity contribution in [2.75, 3.05) is 44.7 Å². The van der Waals surface area contributed by atoms with E-state index in [2.05, 4.69) is 77.1 Å². The number of benzene rings is 3. The number of anilines is 1. The summed E-state index contributed by atoms with van der Waals surface area (Å²) in [5.41, 5.74) is 12.0. The van der Waals surface area contributed by atoms with Crippen LogP contribution in [0.3, 0.4) is 0 Å². The third-order valence-electron chi connectivity index (χ3n) is 10.2. The van der Waals surface area contributed by atoms with Crippen molar-refractivity contribution in [2.24, 2.45) is 11.1 Å². The second-order valence-corrected chi connectivity index (χ2v) is 13.1. The third kappa shape index (κ3) is 5.93. The number of piperidine rings is 1.